The van der Waals surface area contributed by atoms with E-state index in [0.717, 1.165) is 57.7 Å². The van der Waals surface area contributed by atoms with Crippen LogP contribution in [0.3, 0.4) is 0 Å². The topological polar surface area (TPSA) is 333 Å². The zero-order valence-electron chi connectivity index (χ0n) is 49.5. The Morgan fingerprint density at radius 3 is 2.35 bits per heavy atom. The molecule has 2 fully saturated rings. The van der Waals surface area contributed by atoms with Crippen LogP contribution in [-0.4, -0.2) is 126 Å². The first-order chi connectivity index (χ1) is 41.8. The van der Waals surface area contributed by atoms with Gasteiger partial charge >= 0.3 is 7.60 Å². The minimum absolute atomic E-state index is 0.0260. The van der Waals surface area contributed by atoms with Crippen LogP contribution < -0.4 is 36.6 Å². The van der Waals surface area contributed by atoms with E-state index in [0.29, 0.717) is 48.0 Å². The van der Waals surface area contributed by atoms with Crippen molar-refractivity contribution < 1.29 is 62.6 Å². The maximum absolute atomic E-state index is 14.6. The monoisotopic (exact) mass is 1240 g/mol. The summed E-state index contributed by atoms with van der Waals surface area (Å²) in [6, 6.07) is 21.9. The highest BCUT2D eigenvalue weighted by molar-refractivity contribution is 7.70. The highest BCUT2D eigenvalue weighted by atomic mass is 32.1. The molecule has 22 nitrogen and oxygen atoms in total. The van der Waals surface area contributed by atoms with Gasteiger partial charge in [-0.05, 0) is 128 Å². The number of fused-ring (bicyclic) bond motifs is 1. The molecule has 464 valence electrons. The predicted molar refractivity (Wildman–Crippen MR) is 329 cm³/mol. The number of benzene rings is 4. The van der Waals surface area contributed by atoms with Crippen molar-refractivity contribution in [2.75, 3.05) is 18.1 Å². The summed E-state index contributed by atoms with van der Waals surface area (Å²) < 4.78 is 17.9. The first-order valence-electron chi connectivity index (χ1n) is 29.7. The van der Waals surface area contributed by atoms with Crippen molar-refractivity contribution in [3.05, 3.63) is 136 Å². The number of amides is 7. The van der Waals surface area contributed by atoms with Crippen LogP contribution in [0.2, 0.25) is 0 Å². The summed E-state index contributed by atoms with van der Waals surface area (Å²) in [5.41, 5.74) is 11.1. The number of rotatable bonds is 24. The van der Waals surface area contributed by atoms with Gasteiger partial charge in [-0.3, -0.25) is 47.8 Å². The van der Waals surface area contributed by atoms with Crippen LogP contribution in [0, 0.1) is 12.3 Å². The summed E-state index contributed by atoms with van der Waals surface area (Å²) in [6.07, 6.45) is 4.37. The van der Waals surface area contributed by atoms with Gasteiger partial charge in [0.1, 0.15) is 42.2 Å². The average Bonchev–Trinajstić information content (AvgIpc) is 1.92. The van der Waals surface area contributed by atoms with Gasteiger partial charge in [-0.2, -0.15) is 0 Å². The fraction of sp³-hybridized carbons (Fsp3) is 0.422. The number of nitrogens with two attached hydrogens (primary N) is 1. The van der Waals surface area contributed by atoms with Crippen molar-refractivity contribution in [3.63, 3.8) is 0 Å². The van der Waals surface area contributed by atoms with E-state index in [1.54, 1.807) is 17.4 Å². The summed E-state index contributed by atoms with van der Waals surface area (Å²) in [5, 5.41) is 23.2. The third-order valence-electron chi connectivity index (χ3n) is 17.0. The lowest BCUT2D eigenvalue weighted by Gasteiger charge is -2.35. The molecule has 7 amide bonds. The number of aryl methyl sites for hydroxylation is 3. The number of likely N-dealkylation sites (tertiary alicyclic amines) is 1. The highest BCUT2D eigenvalue weighted by Crippen LogP contribution is 2.47. The van der Waals surface area contributed by atoms with Gasteiger partial charge < -0.3 is 56.5 Å². The van der Waals surface area contributed by atoms with Gasteiger partial charge in [-0.15, -0.1) is 11.3 Å². The largest absolute Gasteiger partial charge is 0.491 e. The van der Waals surface area contributed by atoms with Crippen molar-refractivity contribution in [2.45, 2.75) is 153 Å². The minimum Gasteiger partial charge on any atom is -0.491 e. The second-order valence-electron chi connectivity index (χ2n) is 24.7. The molecule has 3 aliphatic heterocycles. The maximum atomic E-state index is 14.6. The highest BCUT2D eigenvalue weighted by Gasteiger charge is 2.51. The van der Waals surface area contributed by atoms with Gasteiger partial charge in [0, 0.05) is 48.7 Å². The number of ether oxygens (including phenoxy) is 1. The minimum atomic E-state index is -5.06. The van der Waals surface area contributed by atoms with Crippen LogP contribution in [0.1, 0.15) is 134 Å². The Labute approximate surface area is 512 Å². The van der Waals surface area contributed by atoms with E-state index in [2.05, 4.69) is 31.2 Å². The Bertz CT molecular complexity index is 3740. The maximum Gasteiger partial charge on any atom is 0.396 e. The molecule has 6 aromatic rings. The van der Waals surface area contributed by atoms with Crippen molar-refractivity contribution in [3.8, 4) is 16.2 Å². The molecule has 4 aliphatic rings. The molecule has 0 spiro atoms. The fourth-order valence-electron chi connectivity index (χ4n) is 12.2. The number of nitrogens with zero attached hydrogens (tertiary/aromatic N) is 3. The van der Waals surface area contributed by atoms with Crippen LogP contribution in [-0.2, 0) is 58.1 Å². The van der Waals surface area contributed by atoms with Crippen molar-refractivity contribution in [1.29, 1.82) is 0 Å². The molecule has 10 rings (SSSR count). The van der Waals surface area contributed by atoms with E-state index in [-0.39, 0.29) is 74.7 Å². The second-order valence-corrected chi connectivity index (χ2v) is 27.0. The van der Waals surface area contributed by atoms with Gasteiger partial charge in [0.2, 0.25) is 35.4 Å². The lowest BCUT2D eigenvalue weighted by molar-refractivity contribution is -0.144. The number of hydrogen-bond donors (Lipinski definition) is 9. The first-order valence-corrected chi connectivity index (χ1v) is 32.2. The number of para-hydroxylation sites is 1. The molecule has 0 bridgehead atoms. The van der Waals surface area contributed by atoms with Gasteiger partial charge in [0.25, 0.3) is 11.4 Å². The number of anilines is 1. The number of primary amides is 1. The number of β-amino-alcohol motifs (C(OH)–C–C–N with tert-alkyl or cyclic N) is 1. The van der Waals surface area contributed by atoms with Crippen molar-refractivity contribution >= 4 is 82.4 Å². The Kier molecular flexibility index (Phi) is 18.6. The van der Waals surface area contributed by atoms with Crippen molar-refractivity contribution in [1.82, 2.24) is 36.1 Å². The third-order valence-corrected chi connectivity index (χ3v) is 18.8. The van der Waals surface area contributed by atoms with Crippen molar-refractivity contribution in [2.24, 2.45) is 11.1 Å². The predicted octanol–water partition coefficient (Wildman–Crippen LogP) is 6.15. The van der Waals surface area contributed by atoms with Crippen LogP contribution in [0.5, 0.6) is 5.75 Å². The number of unbranched alkanes of at least 4 members (excludes halogenated alkanes) is 2. The lowest BCUT2D eigenvalue weighted by Crippen LogP contribution is -2.58. The summed E-state index contributed by atoms with van der Waals surface area (Å²) in [7, 11) is -5.06. The first kappa shape index (κ1) is 63.0. The van der Waals surface area contributed by atoms with E-state index < -0.39 is 89.9 Å². The molecular formula is C64H74N9O13PS. The number of aliphatic hydroxyl groups excluding tert-OH is 1. The summed E-state index contributed by atoms with van der Waals surface area (Å²) in [4.78, 5) is 139. The Balaban J connectivity index is 0.706. The molecule has 4 aromatic carbocycles. The van der Waals surface area contributed by atoms with Gasteiger partial charge in [-0.1, -0.05) is 81.8 Å². The van der Waals surface area contributed by atoms with Gasteiger partial charge in [-0.25, -0.2) is 4.98 Å². The summed E-state index contributed by atoms with van der Waals surface area (Å²) >= 11 is 1.57. The number of aliphatic hydroxyl groups is 1. The summed E-state index contributed by atoms with van der Waals surface area (Å²) in [5.74, 6) is -2.77. The van der Waals surface area contributed by atoms with Crippen LogP contribution in [0.15, 0.2) is 96.5 Å². The van der Waals surface area contributed by atoms with Gasteiger partial charge in [0.05, 0.1) is 39.5 Å². The van der Waals surface area contributed by atoms with Gasteiger partial charge in [0.15, 0.2) is 0 Å². The van der Waals surface area contributed by atoms with E-state index >= 15 is 0 Å². The second kappa shape index (κ2) is 25.9. The normalized spacial score (nSPS) is 19.3. The number of hydrogen-bond acceptors (Lipinski definition) is 13. The number of carbonyl (C=O) groups excluding carboxylic acids is 8. The standard InChI is InChI=1S/C64H74N9O13PS/c1-36-55(88-35-66-36)39-16-20-43(21-17-39)64(26-27-64)71-59(79)50-32-45(74)33-72(50)61(81)56(63(2,3)4)70-53(76)15-7-5-6-10-37-11-8-14-46(28-37)86-34-44(22-25-52(65)75)67-58(78)51-31-40-13-9-12-38-18-24-48(60(80)73(51)54(38)40)69-57(77)49-30-42-29-41(19-23-47(42)68-49)62(82)87(83,84)85/h8-9,11-14,16-17,19-21,23,28-30,35,44-45,48,50-51,56,68,74H,5-7,10,15,18,22,24-27,31-34H2,1-4H3,(H2,65,75)(H,67,78)(H,69,77)(H,70,76)(H,71,79)(H2,83,84,85)/t44-,45+,48-,50-,51-,56+/m0/s1. The molecule has 2 aromatic heterocycles. The smallest absolute Gasteiger partial charge is 0.396 e. The molecule has 6 atom stereocenters. The molecule has 5 heterocycles. The lowest BCUT2D eigenvalue weighted by atomic mass is 9.85. The molecule has 1 saturated carbocycles. The van der Waals surface area contributed by atoms with Crippen LogP contribution >= 0.6 is 18.9 Å². The van der Waals surface area contributed by atoms with E-state index in [4.69, 9.17) is 10.5 Å². The third kappa shape index (κ3) is 14.2. The zero-order valence-corrected chi connectivity index (χ0v) is 51.2. The number of carbonyl (C=O) groups is 8. The molecule has 1 aliphatic carbocycles. The molecule has 24 heteroatoms. The fourth-order valence-corrected chi connectivity index (χ4v) is 13.4. The number of aromatic amines is 1. The number of thiazole rings is 1. The quantitative estimate of drug-likeness (QED) is 0.0243. The van der Waals surface area contributed by atoms with E-state index in [1.165, 1.54) is 34.1 Å². The van der Waals surface area contributed by atoms with E-state index in [9.17, 15) is 57.8 Å². The van der Waals surface area contributed by atoms with Crippen LogP contribution in [0.25, 0.3) is 21.3 Å². The Hall–Kier alpha value is -8.08. The molecule has 88 heavy (non-hydrogen) atoms. The SMILES string of the molecule is Cc1ncsc1-c1ccc(C2(NC(=O)[C@@H]3C[C@@H](O)CN3C(=O)[C@@H](NC(=O)CCCCCc3cccc(OC[C@H](CCC(N)=O)NC(=O)[C@@H]4Cc5cccc6c5N4C(=O)[C@@H](NC(=O)c4cc5cc(C(=O)P(=O)(O)O)ccc5[nH]4)CC6)c3)C(C)(C)C)CC2)cc1. The Morgan fingerprint density at radius 1 is 0.898 bits per heavy atom. The number of nitrogens with one attached hydrogen (secondary N) is 5. The molecule has 10 N–H and O–H groups in total. The molecule has 0 radical (unpaired) electrons. The average molecular weight is 1240 g/mol. The number of aromatic nitrogens is 2. The number of H-pyrrole nitrogens is 1. The molecule has 0 unspecified atom stereocenters. The zero-order chi connectivity index (χ0) is 62.8. The molecule has 1 saturated heterocycles. The Morgan fingerprint density at radius 2 is 1.65 bits per heavy atom. The van der Waals surface area contributed by atoms with Crippen LogP contribution in [0.4, 0.5) is 5.69 Å². The summed E-state index contributed by atoms with van der Waals surface area (Å²) in [6.45, 7) is 7.48. The molecular weight excluding hydrogens is 1170 g/mol. The van der Waals surface area contributed by atoms with E-state index in [1.807, 2.05) is 93.9 Å².